The summed E-state index contributed by atoms with van der Waals surface area (Å²) in [6.45, 7) is 5.36. The monoisotopic (exact) mass is 245 g/mol. The van der Waals surface area contributed by atoms with Crippen LogP contribution in [0.15, 0.2) is 28.2 Å². The highest BCUT2D eigenvalue weighted by atomic mass is 16.5. The van der Waals surface area contributed by atoms with Crippen molar-refractivity contribution in [2.24, 2.45) is 9.98 Å². The van der Waals surface area contributed by atoms with E-state index < -0.39 is 0 Å². The Labute approximate surface area is 106 Å². The molecule has 2 atom stereocenters. The van der Waals surface area contributed by atoms with Gasteiger partial charge < -0.3 is 9.47 Å². The van der Waals surface area contributed by atoms with E-state index in [0.29, 0.717) is 24.9 Å². The number of aliphatic imine (C=N–C) groups is 2. The van der Waals surface area contributed by atoms with Gasteiger partial charge in [0.25, 0.3) is 0 Å². The highest BCUT2D eigenvalue weighted by Gasteiger charge is 2.21. The fraction of sp³-hybridized carbons (Fsp3) is 0.462. The van der Waals surface area contributed by atoms with Crippen LogP contribution in [0.5, 0.6) is 0 Å². The maximum Gasteiger partial charge on any atom is 0.235 e. The summed E-state index contributed by atoms with van der Waals surface area (Å²) in [5.74, 6) is 1.21. The van der Waals surface area contributed by atoms with Gasteiger partial charge in [-0.1, -0.05) is 6.07 Å². The van der Waals surface area contributed by atoms with Gasteiger partial charge in [0.15, 0.2) is 0 Å². The third-order valence-electron chi connectivity index (χ3n) is 2.80. The molecule has 94 valence electrons. The van der Waals surface area contributed by atoms with Crippen molar-refractivity contribution < 1.29 is 9.47 Å². The van der Waals surface area contributed by atoms with Crippen molar-refractivity contribution in [1.29, 1.82) is 0 Å². The number of hydrogen-bond acceptors (Lipinski definition) is 5. The second kappa shape index (κ2) is 4.40. The molecule has 0 amide bonds. The molecule has 0 aliphatic carbocycles. The molecule has 5 nitrogen and oxygen atoms in total. The number of rotatable bonds is 2. The molecule has 0 saturated heterocycles. The second-order valence-electron chi connectivity index (χ2n) is 4.56. The van der Waals surface area contributed by atoms with Crippen LogP contribution in [0.4, 0.5) is 0 Å². The van der Waals surface area contributed by atoms with E-state index in [1.807, 2.05) is 32.0 Å². The molecule has 3 heterocycles. The first-order chi connectivity index (χ1) is 8.72. The molecule has 0 bridgehead atoms. The average molecular weight is 245 g/mol. The fourth-order valence-corrected chi connectivity index (χ4v) is 1.91. The Morgan fingerprint density at radius 3 is 1.83 bits per heavy atom. The lowest BCUT2D eigenvalue weighted by atomic mass is 10.3. The third-order valence-corrected chi connectivity index (χ3v) is 2.80. The van der Waals surface area contributed by atoms with Gasteiger partial charge in [0.05, 0.1) is 13.1 Å². The molecular weight excluding hydrogens is 230 g/mol. The van der Waals surface area contributed by atoms with Gasteiger partial charge in [-0.05, 0) is 26.0 Å². The molecule has 0 saturated carbocycles. The first-order valence-electron chi connectivity index (χ1n) is 6.12. The lowest BCUT2D eigenvalue weighted by Gasteiger charge is -2.08. The van der Waals surface area contributed by atoms with Gasteiger partial charge in [-0.25, -0.2) is 15.0 Å². The third kappa shape index (κ3) is 2.08. The van der Waals surface area contributed by atoms with E-state index in [0.717, 1.165) is 11.4 Å². The summed E-state index contributed by atoms with van der Waals surface area (Å²) in [6.07, 6.45) is 0.260. The molecule has 2 aliphatic rings. The molecule has 18 heavy (non-hydrogen) atoms. The predicted molar refractivity (Wildman–Crippen MR) is 68.1 cm³/mol. The maximum atomic E-state index is 5.59. The molecular formula is C13H15N3O2. The van der Waals surface area contributed by atoms with Gasteiger partial charge in [0.2, 0.25) is 11.8 Å². The van der Waals surface area contributed by atoms with Crippen LogP contribution in [0.1, 0.15) is 25.2 Å². The lowest BCUT2D eigenvalue weighted by molar-refractivity contribution is 0.244. The average Bonchev–Trinajstić information content (AvgIpc) is 2.98. The van der Waals surface area contributed by atoms with Crippen molar-refractivity contribution >= 4 is 11.8 Å². The molecule has 0 fully saturated rings. The zero-order chi connectivity index (χ0) is 12.5. The summed E-state index contributed by atoms with van der Waals surface area (Å²) >= 11 is 0. The van der Waals surface area contributed by atoms with Crippen LogP contribution in [0.25, 0.3) is 0 Å². The molecule has 3 rings (SSSR count). The maximum absolute atomic E-state index is 5.59. The Morgan fingerprint density at radius 2 is 1.44 bits per heavy atom. The first kappa shape index (κ1) is 11.2. The van der Waals surface area contributed by atoms with E-state index in [1.165, 1.54) is 0 Å². The van der Waals surface area contributed by atoms with Crippen molar-refractivity contribution in [3.05, 3.63) is 29.6 Å². The summed E-state index contributed by atoms with van der Waals surface area (Å²) in [6, 6.07) is 5.69. The predicted octanol–water partition coefficient (Wildman–Crippen LogP) is 1.41. The van der Waals surface area contributed by atoms with E-state index in [9.17, 15) is 0 Å². The number of aromatic nitrogens is 1. The minimum atomic E-state index is 0.130. The quantitative estimate of drug-likeness (QED) is 0.791. The topological polar surface area (TPSA) is 56.1 Å². The minimum absolute atomic E-state index is 0.130. The van der Waals surface area contributed by atoms with Crippen molar-refractivity contribution in [1.82, 2.24) is 4.98 Å². The zero-order valence-electron chi connectivity index (χ0n) is 10.5. The summed E-state index contributed by atoms with van der Waals surface area (Å²) in [4.78, 5) is 13.1. The Bertz CT molecular complexity index is 481. The SMILES string of the molecule is C[C@H]1CN=C(c2cccc(C3=NC[C@H](C)O3)n2)O1. The van der Waals surface area contributed by atoms with Crippen LogP contribution in [-0.2, 0) is 9.47 Å². The molecule has 0 N–H and O–H groups in total. The van der Waals surface area contributed by atoms with E-state index >= 15 is 0 Å². The number of nitrogens with zero attached hydrogens (tertiary/aromatic N) is 3. The van der Waals surface area contributed by atoms with E-state index in [-0.39, 0.29) is 12.2 Å². The normalized spacial score (nSPS) is 26.3. The van der Waals surface area contributed by atoms with Crippen molar-refractivity contribution in [2.75, 3.05) is 13.1 Å². The van der Waals surface area contributed by atoms with Gasteiger partial charge in [0.1, 0.15) is 23.6 Å². The van der Waals surface area contributed by atoms with Gasteiger partial charge in [-0.15, -0.1) is 0 Å². The molecule has 2 aliphatic heterocycles. The Balaban J connectivity index is 1.86. The first-order valence-corrected chi connectivity index (χ1v) is 6.12. The fourth-order valence-electron chi connectivity index (χ4n) is 1.91. The number of hydrogen-bond donors (Lipinski definition) is 0. The number of ether oxygens (including phenoxy) is 2. The molecule has 0 unspecified atom stereocenters. The standard InChI is InChI=1S/C13H15N3O2/c1-8-6-14-12(17-8)10-4-3-5-11(16-10)13-15-7-9(2)18-13/h3-5,8-9H,6-7H2,1-2H3/t8-,9-/m0/s1. The summed E-state index contributed by atoms with van der Waals surface area (Å²) in [5.41, 5.74) is 1.48. The van der Waals surface area contributed by atoms with Crippen LogP contribution in [-0.4, -0.2) is 42.1 Å². The van der Waals surface area contributed by atoms with E-state index in [4.69, 9.17) is 9.47 Å². The largest absolute Gasteiger partial charge is 0.471 e. The Hall–Kier alpha value is -1.91. The van der Waals surface area contributed by atoms with Crippen molar-refractivity contribution in [2.45, 2.75) is 26.1 Å². The summed E-state index contributed by atoms with van der Waals surface area (Å²) in [7, 11) is 0. The number of pyridine rings is 1. The smallest absolute Gasteiger partial charge is 0.235 e. The highest BCUT2D eigenvalue weighted by Crippen LogP contribution is 2.14. The molecule has 0 spiro atoms. The van der Waals surface area contributed by atoms with Crippen molar-refractivity contribution in [3.63, 3.8) is 0 Å². The summed E-state index contributed by atoms with van der Waals surface area (Å²) < 4.78 is 11.2. The molecule has 0 radical (unpaired) electrons. The Kier molecular flexibility index (Phi) is 2.74. The van der Waals surface area contributed by atoms with Crippen LogP contribution in [0, 0.1) is 0 Å². The van der Waals surface area contributed by atoms with Crippen molar-refractivity contribution in [3.8, 4) is 0 Å². The van der Waals surface area contributed by atoms with Gasteiger partial charge >= 0.3 is 0 Å². The highest BCUT2D eigenvalue weighted by molar-refractivity contribution is 5.97. The second-order valence-corrected chi connectivity index (χ2v) is 4.56. The lowest BCUT2D eigenvalue weighted by Crippen LogP contribution is -2.14. The summed E-state index contributed by atoms with van der Waals surface area (Å²) in [5, 5.41) is 0. The molecule has 1 aromatic heterocycles. The van der Waals surface area contributed by atoms with Gasteiger partial charge in [0, 0.05) is 0 Å². The molecule has 0 aromatic carbocycles. The zero-order valence-corrected chi connectivity index (χ0v) is 10.5. The van der Waals surface area contributed by atoms with Gasteiger partial charge in [-0.2, -0.15) is 0 Å². The van der Waals surface area contributed by atoms with Crippen LogP contribution >= 0.6 is 0 Å². The van der Waals surface area contributed by atoms with Crippen LogP contribution in [0.3, 0.4) is 0 Å². The minimum Gasteiger partial charge on any atom is -0.471 e. The molecule has 5 heteroatoms. The van der Waals surface area contributed by atoms with Crippen LogP contribution in [0.2, 0.25) is 0 Å². The van der Waals surface area contributed by atoms with E-state index in [2.05, 4.69) is 15.0 Å². The van der Waals surface area contributed by atoms with Crippen LogP contribution < -0.4 is 0 Å². The molecule has 1 aromatic rings. The Morgan fingerprint density at radius 1 is 0.944 bits per heavy atom. The van der Waals surface area contributed by atoms with E-state index in [1.54, 1.807) is 0 Å². The van der Waals surface area contributed by atoms with Gasteiger partial charge in [-0.3, -0.25) is 0 Å².